The van der Waals surface area contributed by atoms with E-state index in [9.17, 15) is 0 Å². The Kier molecular flexibility index (Phi) is 6.93. The highest BCUT2D eigenvalue weighted by Crippen LogP contribution is 2.40. The topological polar surface area (TPSA) is 3.24 Å². The standard InChI is InChI=1S/C50H33N/c1-2-10-35(11-3-1)46-16-8-9-17-50(46)51(42-28-31-45-40(32-42)21-19-36-12-4-6-14-43(36)45)41-26-22-34(23-27-41)39-20-18-38-25-29-47-44-15-7-5-13-37(44)24-30-48(47)49(38)33-39/h1-2,4-10,12-27,29-30,32-33H,3,11H2. The van der Waals surface area contributed by atoms with Crippen molar-refractivity contribution in [2.75, 3.05) is 4.90 Å². The molecule has 0 heterocycles. The minimum atomic E-state index is 0.967. The molecule has 0 aliphatic heterocycles. The van der Waals surface area contributed by atoms with Gasteiger partial charge in [-0.3, -0.25) is 0 Å². The van der Waals surface area contributed by atoms with Gasteiger partial charge in [-0.1, -0.05) is 151 Å². The number of allylic oxidation sites excluding steroid dienone is 5. The maximum Gasteiger partial charge on any atom is 0.0980 e. The fourth-order valence-corrected chi connectivity index (χ4v) is 7.95. The molecule has 8 aromatic carbocycles. The van der Waals surface area contributed by atoms with Crippen molar-refractivity contribution in [3.8, 4) is 11.1 Å². The molecule has 51 heavy (non-hydrogen) atoms. The first-order chi connectivity index (χ1) is 25.3. The summed E-state index contributed by atoms with van der Waals surface area (Å²) in [4.78, 5) is 2.35. The van der Waals surface area contributed by atoms with E-state index in [1.807, 2.05) is 0 Å². The molecule has 0 atom stereocenters. The third-order valence-electron chi connectivity index (χ3n) is 10.5. The third kappa shape index (κ3) is 5.04. The zero-order chi connectivity index (χ0) is 33.7. The van der Waals surface area contributed by atoms with Gasteiger partial charge >= 0.3 is 0 Å². The lowest BCUT2D eigenvalue weighted by Crippen LogP contribution is -2.28. The number of anilines is 2. The molecule has 1 nitrogen and oxygen atoms in total. The molecule has 8 aromatic rings. The van der Waals surface area contributed by atoms with Crippen molar-refractivity contribution in [1.82, 2.24) is 0 Å². The second kappa shape index (κ2) is 12.1. The van der Waals surface area contributed by atoms with Crippen LogP contribution in [0.5, 0.6) is 0 Å². The highest BCUT2D eigenvalue weighted by molar-refractivity contribution is 6.17. The third-order valence-corrected chi connectivity index (χ3v) is 10.5. The minimum absolute atomic E-state index is 0.967. The molecule has 1 heteroatoms. The minimum Gasteiger partial charge on any atom is -0.303 e. The fraction of sp³-hybridized carbons (Fsp3) is 0.0400. The van der Waals surface area contributed by atoms with E-state index in [-0.39, 0.29) is 0 Å². The lowest BCUT2D eigenvalue weighted by atomic mass is 9.94. The van der Waals surface area contributed by atoms with E-state index < -0.39 is 0 Å². The van der Waals surface area contributed by atoms with E-state index in [0.717, 1.165) is 40.4 Å². The maximum atomic E-state index is 3.59. The van der Waals surface area contributed by atoms with Gasteiger partial charge in [-0.05, 0) is 114 Å². The number of para-hydroxylation sites is 1. The van der Waals surface area contributed by atoms with Crippen LogP contribution in [0.2, 0.25) is 0 Å². The Hall–Kier alpha value is -6.62. The van der Waals surface area contributed by atoms with Crippen molar-refractivity contribution >= 4 is 71.8 Å². The van der Waals surface area contributed by atoms with Crippen molar-refractivity contribution in [1.29, 1.82) is 0 Å². The molecule has 0 bridgehead atoms. The first kappa shape index (κ1) is 29.3. The van der Waals surface area contributed by atoms with E-state index in [1.165, 1.54) is 65.4 Å². The molecule has 10 rings (SSSR count). The molecule has 2 aliphatic carbocycles. The normalized spacial score (nSPS) is 13.5. The number of benzene rings is 8. The molecule has 0 saturated heterocycles. The predicted molar refractivity (Wildman–Crippen MR) is 217 cm³/mol. The van der Waals surface area contributed by atoms with E-state index >= 15 is 0 Å². The largest absolute Gasteiger partial charge is 0.303 e. The molecule has 238 valence electrons. The highest BCUT2D eigenvalue weighted by Gasteiger charge is 2.20. The Morgan fingerprint density at radius 2 is 1.18 bits per heavy atom. The predicted octanol–water partition coefficient (Wildman–Crippen LogP) is 11.8. The summed E-state index contributed by atoms with van der Waals surface area (Å²) in [5.41, 5.74) is 15.3. The molecule has 0 fully saturated rings. The first-order valence-electron chi connectivity index (χ1n) is 17.7. The van der Waals surface area contributed by atoms with E-state index in [1.54, 1.807) is 0 Å². The van der Waals surface area contributed by atoms with E-state index in [4.69, 9.17) is 0 Å². The lowest BCUT2D eigenvalue weighted by Gasteiger charge is -2.28. The van der Waals surface area contributed by atoms with Crippen LogP contribution in [0.3, 0.4) is 0 Å². The number of hydrogen-bond donors (Lipinski definition) is 0. The number of nitrogens with zero attached hydrogens (tertiary/aromatic N) is 1. The van der Waals surface area contributed by atoms with Crippen LogP contribution in [0.15, 0.2) is 181 Å². The van der Waals surface area contributed by atoms with E-state index in [2.05, 4.69) is 192 Å². The van der Waals surface area contributed by atoms with Gasteiger partial charge in [0.05, 0.1) is 11.4 Å². The second-order valence-electron chi connectivity index (χ2n) is 13.5. The van der Waals surface area contributed by atoms with Gasteiger partial charge in [-0.15, -0.1) is 0 Å². The Balaban J connectivity index is 1.12. The summed E-state index contributed by atoms with van der Waals surface area (Å²) in [6.45, 7) is 0. The van der Waals surface area contributed by atoms with Gasteiger partial charge in [0.15, 0.2) is 0 Å². The van der Waals surface area contributed by atoms with Crippen molar-refractivity contribution < 1.29 is 0 Å². The van der Waals surface area contributed by atoms with Crippen molar-refractivity contribution in [3.63, 3.8) is 0 Å². The Morgan fingerprint density at radius 1 is 0.510 bits per heavy atom. The van der Waals surface area contributed by atoms with Gasteiger partial charge in [-0.2, -0.15) is 0 Å². The maximum absolute atomic E-state index is 3.59. The lowest BCUT2D eigenvalue weighted by molar-refractivity contribution is 1.05. The van der Waals surface area contributed by atoms with Gasteiger partial charge < -0.3 is 4.90 Å². The van der Waals surface area contributed by atoms with Gasteiger partial charge in [0.2, 0.25) is 0 Å². The summed E-state index contributed by atoms with van der Waals surface area (Å²) in [6, 6.07) is 55.3. The summed E-state index contributed by atoms with van der Waals surface area (Å²) in [7, 11) is 0. The molecule has 0 unspecified atom stereocenters. The molecule has 0 N–H and O–H groups in total. The van der Waals surface area contributed by atoms with Crippen molar-refractivity contribution in [3.05, 3.63) is 197 Å². The molecular formula is C50H33N. The molecule has 0 spiro atoms. The summed E-state index contributed by atoms with van der Waals surface area (Å²) in [6.07, 6.45) is 11.0. The van der Waals surface area contributed by atoms with Gasteiger partial charge in [0.1, 0.15) is 0 Å². The average molecular weight is 648 g/mol. The molecule has 0 aromatic heterocycles. The summed E-state index contributed by atoms with van der Waals surface area (Å²) < 4.78 is 0. The Morgan fingerprint density at radius 3 is 2.00 bits per heavy atom. The van der Waals surface area contributed by atoms with Crippen LogP contribution < -0.4 is 15.3 Å². The summed E-state index contributed by atoms with van der Waals surface area (Å²) in [5, 5.41) is 12.3. The fourth-order valence-electron chi connectivity index (χ4n) is 7.95. The zero-order valence-electron chi connectivity index (χ0n) is 28.1. The number of hydrogen-bond acceptors (Lipinski definition) is 1. The van der Waals surface area contributed by atoms with Crippen LogP contribution >= 0.6 is 0 Å². The zero-order valence-corrected chi connectivity index (χ0v) is 28.1. The van der Waals surface area contributed by atoms with Gasteiger partial charge in [0, 0.05) is 16.5 Å². The second-order valence-corrected chi connectivity index (χ2v) is 13.5. The Bertz CT molecular complexity index is 2980. The molecule has 0 saturated carbocycles. The monoisotopic (exact) mass is 647 g/mol. The average Bonchev–Trinajstić information content (AvgIpc) is 3.21. The van der Waals surface area contributed by atoms with Crippen LogP contribution in [0.4, 0.5) is 11.4 Å². The van der Waals surface area contributed by atoms with E-state index in [0.29, 0.717) is 0 Å². The quantitative estimate of drug-likeness (QED) is 0.133. The van der Waals surface area contributed by atoms with Gasteiger partial charge in [-0.25, -0.2) is 0 Å². The van der Waals surface area contributed by atoms with Crippen LogP contribution in [0, 0.1) is 0 Å². The molecular weight excluding hydrogens is 615 g/mol. The Labute approximate surface area is 297 Å². The smallest absolute Gasteiger partial charge is 0.0980 e. The van der Waals surface area contributed by atoms with Crippen LogP contribution in [0.25, 0.3) is 71.6 Å². The SMILES string of the molecule is C1=C=c2c(ccc3ccccc23)=CC=1N(c1ccc(-c2ccc3ccc4c5ccccc5ccc4c3c2)cc1)c1ccccc1C1=CC=CCC1. The molecule has 2 aliphatic rings. The van der Waals surface area contributed by atoms with Crippen molar-refractivity contribution in [2.45, 2.75) is 12.8 Å². The number of fused-ring (bicyclic) bond motifs is 8. The van der Waals surface area contributed by atoms with Gasteiger partial charge in [0.25, 0.3) is 0 Å². The molecule has 0 radical (unpaired) electrons. The first-order valence-corrected chi connectivity index (χ1v) is 17.7. The molecule has 0 amide bonds. The summed E-state index contributed by atoms with van der Waals surface area (Å²) in [5.74, 6) is 0. The highest BCUT2D eigenvalue weighted by atomic mass is 15.1. The number of rotatable bonds is 5. The van der Waals surface area contributed by atoms with Crippen molar-refractivity contribution in [2.24, 2.45) is 0 Å². The van der Waals surface area contributed by atoms with Crippen LogP contribution in [-0.2, 0) is 0 Å². The van der Waals surface area contributed by atoms with Crippen LogP contribution in [0.1, 0.15) is 18.4 Å². The summed E-state index contributed by atoms with van der Waals surface area (Å²) >= 11 is 0. The van der Waals surface area contributed by atoms with Crippen LogP contribution in [-0.4, -0.2) is 0 Å².